The van der Waals surface area contributed by atoms with Crippen molar-refractivity contribution in [2.24, 2.45) is 0 Å². The summed E-state index contributed by atoms with van der Waals surface area (Å²) in [5, 5.41) is 7.33. The first-order chi connectivity index (χ1) is 11.9. The summed E-state index contributed by atoms with van der Waals surface area (Å²) in [6.07, 6.45) is 1.90. The molecule has 1 aliphatic rings. The molecule has 1 aromatic carbocycles. The van der Waals surface area contributed by atoms with Crippen molar-refractivity contribution in [2.75, 3.05) is 13.1 Å². The van der Waals surface area contributed by atoms with Gasteiger partial charge in [-0.05, 0) is 50.9 Å². The van der Waals surface area contributed by atoms with Gasteiger partial charge in [-0.25, -0.2) is 4.39 Å². The van der Waals surface area contributed by atoms with Crippen LogP contribution in [0.15, 0.2) is 22.7 Å². The lowest BCUT2D eigenvalue weighted by atomic mass is 10.0. The van der Waals surface area contributed by atoms with E-state index in [-0.39, 0.29) is 17.8 Å². The molecule has 1 N–H and O–H groups in total. The second kappa shape index (κ2) is 7.54. The van der Waals surface area contributed by atoms with E-state index in [1.165, 1.54) is 12.1 Å². The molecular weight excluding hydrogens is 345 g/mol. The van der Waals surface area contributed by atoms with Crippen LogP contribution in [0, 0.1) is 19.7 Å². The highest BCUT2D eigenvalue weighted by atomic mass is 35.5. The van der Waals surface area contributed by atoms with Gasteiger partial charge in [0.05, 0.1) is 5.69 Å². The second-order valence-corrected chi connectivity index (χ2v) is 6.89. The molecule has 0 radical (unpaired) electrons. The number of aryl methyl sites for hydroxylation is 2. The molecule has 2 aromatic rings. The normalized spacial score (nSPS) is 18.3. The molecule has 1 aliphatic heterocycles. The van der Waals surface area contributed by atoms with Crippen LogP contribution in [0.2, 0.25) is 5.02 Å². The van der Waals surface area contributed by atoms with Gasteiger partial charge in [0.25, 0.3) is 5.91 Å². The Hall–Kier alpha value is -1.92. The van der Waals surface area contributed by atoms with Crippen molar-refractivity contribution in [3.8, 4) is 0 Å². The summed E-state index contributed by atoms with van der Waals surface area (Å²) in [7, 11) is 0. The number of aromatic nitrogens is 1. The summed E-state index contributed by atoms with van der Waals surface area (Å²) in [4.78, 5) is 14.7. The van der Waals surface area contributed by atoms with Gasteiger partial charge in [0.2, 0.25) is 0 Å². The number of nitrogens with zero attached hydrogens (tertiary/aromatic N) is 2. The number of rotatable bonds is 4. The fourth-order valence-corrected chi connectivity index (χ4v) is 3.50. The topological polar surface area (TPSA) is 58.4 Å². The molecule has 1 atom stereocenters. The number of nitrogens with one attached hydrogen (secondary N) is 1. The molecule has 1 aromatic heterocycles. The maximum atomic E-state index is 13.2. The number of carbonyl (C=O) groups is 1. The highest BCUT2D eigenvalue weighted by Gasteiger charge is 2.25. The number of halogens is 2. The molecular formula is C18H21ClFN3O2. The number of hydrogen-bond acceptors (Lipinski definition) is 4. The van der Waals surface area contributed by atoms with Gasteiger partial charge in [-0.2, -0.15) is 0 Å². The minimum atomic E-state index is -0.336. The van der Waals surface area contributed by atoms with E-state index in [2.05, 4.69) is 15.4 Å². The van der Waals surface area contributed by atoms with Gasteiger partial charge in [0.1, 0.15) is 17.1 Å². The Morgan fingerprint density at radius 1 is 1.48 bits per heavy atom. The lowest BCUT2D eigenvalue weighted by Crippen LogP contribution is -2.47. The first kappa shape index (κ1) is 17.9. The van der Waals surface area contributed by atoms with Crippen LogP contribution in [0.3, 0.4) is 0 Å². The quantitative estimate of drug-likeness (QED) is 0.901. The van der Waals surface area contributed by atoms with Gasteiger partial charge in [0.15, 0.2) is 0 Å². The molecule has 1 unspecified atom stereocenters. The van der Waals surface area contributed by atoms with Crippen molar-refractivity contribution in [1.82, 2.24) is 15.4 Å². The van der Waals surface area contributed by atoms with Crippen molar-refractivity contribution in [3.05, 3.63) is 51.6 Å². The van der Waals surface area contributed by atoms with E-state index >= 15 is 0 Å². The predicted molar refractivity (Wildman–Crippen MR) is 93.2 cm³/mol. The zero-order valence-corrected chi connectivity index (χ0v) is 15.1. The fourth-order valence-electron chi connectivity index (χ4n) is 3.27. The summed E-state index contributed by atoms with van der Waals surface area (Å²) < 4.78 is 18.2. The summed E-state index contributed by atoms with van der Waals surface area (Å²) in [6.45, 7) is 5.78. The molecule has 134 valence electrons. The minimum absolute atomic E-state index is 0.0502. The van der Waals surface area contributed by atoms with Crippen molar-refractivity contribution in [2.45, 2.75) is 39.3 Å². The molecule has 3 rings (SSSR count). The third-order valence-corrected chi connectivity index (χ3v) is 4.86. The Morgan fingerprint density at radius 2 is 2.28 bits per heavy atom. The van der Waals surface area contributed by atoms with E-state index in [1.807, 2.05) is 0 Å². The van der Waals surface area contributed by atoms with Gasteiger partial charge < -0.3 is 9.84 Å². The minimum Gasteiger partial charge on any atom is -0.361 e. The van der Waals surface area contributed by atoms with E-state index in [9.17, 15) is 9.18 Å². The smallest absolute Gasteiger partial charge is 0.257 e. The number of likely N-dealkylation sites (tertiary alicyclic amines) is 1. The largest absolute Gasteiger partial charge is 0.361 e. The molecule has 1 saturated heterocycles. The highest BCUT2D eigenvalue weighted by molar-refractivity contribution is 6.31. The van der Waals surface area contributed by atoms with Crippen LogP contribution >= 0.6 is 11.6 Å². The fraction of sp³-hybridized carbons (Fsp3) is 0.444. The van der Waals surface area contributed by atoms with Crippen LogP contribution in [0.4, 0.5) is 4.39 Å². The van der Waals surface area contributed by atoms with Crippen molar-refractivity contribution < 1.29 is 13.7 Å². The van der Waals surface area contributed by atoms with Crippen LogP contribution in [-0.2, 0) is 6.54 Å². The third-order valence-electron chi connectivity index (χ3n) is 4.51. The Balaban J connectivity index is 1.62. The van der Waals surface area contributed by atoms with Crippen LogP contribution in [0.5, 0.6) is 0 Å². The monoisotopic (exact) mass is 365 g/mol. The van der Waals surface area contributed by atoms with Gasteiger partial charge in [0, 0.05) is 24.2 Å². The van der Waals surface area contributed by atoms with E-state index in [0.717, 1.165) is 31.5 Å². The van der Waals surface area contributed by atoms with E-state index in [4.69, 9.17) is 16.1 Å². The first-order valence-corrected chi connectivity index (χ1v) is 8.72. The van der Waals surface area contributed by atoms with Crippen LogP contribution in [-0.4, -0.2) is 35.1 Å². The maximum absolute atomic E-state index is 13.2. The van der Waals surface area contributed by atoms with Crippen LogP contribution in [0.1, 0.15) is 40.2 Å². The molecule has 25 heavy (non-hydrogen) atoms. The standard InChI is InChI=1S/C18H21ClFN3O2/c1-11-17(12(2)25-22-11)18(24)21-15-4-3-7-23(10-15)9-13-5-6-14(20)8-16(13)19/h5-6,8,15H,3-4,7,9-10H2,1-2H3,(H,21,24). The first-order valence-electron chi connectivity index (χ1n) is 8.34. The molecule has 0 saturated carbocycles. The zero-order valence-electron chi connectivity index (χ0n) is 14.3. The molecule has 5 nitrogen and oxygen atoms in total. The summed E-state index contributed by atoms with van der Waals surface area (Å²) in [5.41, 5.74) is 2.00. The molecule has 1 amide bonds. The van der Waals surface area contributed by atoms with E-state index in [0.29, 0.717) is 28.6 Å². The molecule has 1 fully saturated rings. The van der Waals surface area contributed by atoms with Crippen LogP contribution in [0.25, 0.3) is 0 Å². The Morgan fingerprint density at radius 3 is 2.96 bits per heavy atom. The van der Waals surface area contributed by atoms with Crippen molar-refractivity contribution in [3.63, 3.8) is 0 Å². The van der Waals surface area contributed by atoms with E-state index in [1.54, 1.807) is 19.9 Å². The highest BCUT2D eigenvalue weighted by Crippen LogP contribution is 2.21. The van der Waals surface area contributed by atoms with Crippen molar-refractivity contribution in [1.29, 1.82) is 0 Å². The third kappa shape index (κ3) is 4.19. The maximum Gasteiger partial charge on any atom is 0.257 e. The lowest BCUT2D eigenvalue weighted by molar-refractivity contribution is 0.0898. The molecule has 0 spiro atoms. The summed E-state index contributed by atoms with van der Waals surface area (Å²) in [5.74, 6) is 0.0423. The van der Waals surface area contributed by atoms with E-state index < -0.39 is 0 Å². The molecule has 0 bridgehead atoms. The predicted octanol–water partition coefficient (Wildman–Crippen LogP) is 3.48. The van der Waals surface area contributed by atoms with Gasteiger partial charge >= 0.3 is 0 Å². The average molecular weight is 366 g/mol. The summed E-state index contributed by atoms with van der Waals surface area (Å²) in [6, 6.07) is 4.51. The SMILES string of the molecule is Cc1noc(C)c1C(=O)NC1CCCN(Cc2ccc(F)cc2Cl)C1. The number of carbonyl (C=O) groups excluding carboxylic acids is 1. The Bertz CT molecular complexity index is 758. The molecule has 0 aliphatic carbocycles. The number of piperidine rings is 1. The number of hydrogen-bond donors (Lipinski definition) is 1. The Labute approximate surface area is 151 Å². The number of benzene rings is 1. The van der Waals surface area contributed by atoms with Gasteiger partial charge in [-0.15, -0.1) is 0 Å². The second-order valence-electron chi connectivity index (χ2n) is 6.48. The van der Waals surface area contributed by atoms with Gasteiger partial charge in [-0.3, -0.25) is 9.69 Å². The average Bonchev–Trinajstić information content (AvgIpc) is 2.89. The van der Waals surface area contributed by atoms with Crippen molar-refractivity contribution >= 4 is 17.5 Å². The van der Waals surface area contributed by atoms with Gasteiger partial charge in [-0.1, -0.05) is 22.8 Å². The molecule has 2 heterocycles. The Kier molecular flexibility index (Phi) is 5.39. The number of amides is 1. The lowest BCUT2D eigenvalue weighted by Gasteiger charge is -2.33. The van der Waals surface area contributed by atoms with Crippen LogP contribution < -0.4 is 5.32 Å². The summed E-state index contributed by atoms with van der Waals surface area (Å²) >= 11 is 6.12. The molecule has 7 heteroatoms. The zero-order chi connectivity index (χ0) is 18.0.